The molecule has 0 aromatic heterocycles. The first-order valence-electron chi connectivity index (χ1n) is 6.94. The molecular formula is C15H21NO2. The summed E-state index contributed by atoms with van der Waals surface area (Å²) >= 11 is 0. The van der Waals surface area contributed by atoms with E-state index in [-0.39, 0.29) is 6.29 Å². The Morgan fingerprint density at radius 1 is 1.11 bits per heavy atom. The third-order valence-corrected chi connectivity index (χ3v) is 3.79. The van der Waals surface area contributed by atoms with Crippen LogP contribution >= 0.6 is 0 Å². The van der Waals surface area contributed by atoms with Gasteiger partial charge >= 0.3 is 0 Å². The molecule has 2 heterocycles. The molecule has 18 heavy (non-hydrogen) atoms. The van der Waals surface area contributed by atoms with E-state index in [4.69, 9.17) is 9.47 Å². The quantitative estimate of drug-likeness (QED) is 0.817. The highest BCUT2D eigenvalue weighted by Gasteiger charge is 2.19. The lowest BCUT2D eigenvalue weighted by Crippen LogP contribution is -2.35. The van der Waals surface area contributed by atoms with Crippen LogP contribution in [0, 0.1) is 0 Å². The van der Waals surface area contributed by atoms with Gasteiger partial charge in [-0.1, -0.05) is 24.3 Å². The molecule has 1 aromatic rings. The van der Waals surface area contributed by atoms with Crippen molar-refractivity contribution in [3.8, 4) is 0 Å². The summed E-state index contributed by atoms with van der Waals surface area (Å²) in [6.07, 6.45) is 3.22. The van der Waals surface area contributed by atoms with E-state index in [1.807, 2.05) is 0 Å². The van der Waals surface area contributed by atoms with E-state index in [0.717, 1.165) is 45.7 Å². The zero-order chi connectivity index (χ0) is 12.2. The first-order chi connectivity index (χ1) is 8.92. The van der Waals surface area contributed by atoms with Crippen molar-refractivity contribution in [3.05, 3.63) is 35.4 Å². The van der Waals surface area contributed by atoms with Gasteiger partial charge in [0, 0.05) is 26.1 Å². The lowest BCUT2D eigenvalue weighted by atomic mass is 10.00. The van der Waals surface area contributed by atoms with Gasteiger partial charge in [0.25, 0.3) is 0 Å². The smallest absolute Gasteiger partial charge is 0.158 e. The Bertz CT molecular complexity index is 388. The molecule has 0 bridgehead atoms. The Morgan fingerprint density at radius 2 is 1.89 bits per heavy atom. The van der Waals surface area contributed by atoms with Crippen LogP contribution in [0.2, 0.25) is 0 Å². The fourth-order valence-electron chi connectivity index (χ4n) is 2.74. The maximum atomic E-state index is 5.59. The molecule has 0 radical (unpaired) electrons. The van der Waals surface area contributed by atoms with Crippen LogP contribution < -0.4 is 0 Å². The average Bonchev–Trinajstić information content (AvgIpc) is 2.46. The molecule has 0 N–H and O–H groups in total. The largest absolute Gasteiger partial charge is 0.353 e. The number of fused-ring (bicyclic) bond motifs is 1. The van der Waals surface area contributed by atoms with E-state index in [2.05, 4.69) is 29.2 Å². The third-order valence-electron chi connectivity index (χ3n) is 3.79. The second-order valence-electron chi connectivity index (χ2n) is 5.11. The molecule has 0 amide bonds. The molecule has 0 spiro atoms. The zero-order valence-corrected chi connectivity index (χ0v) is 10.8. The fraction of sp³-hybridized carbons (Fsp3) is 0.600. The lowest BCUT2D eigenvalue weighted by molar-refractivity contribution is -0.182. The summed E-state index contributed by atoms with van der Waals surface area (Å²) in [5.74, 6) is 0. The van der Waals surface area contributed by atoms with Gasteiger partial charge in [-0.3, -0.25) is 4.90 Å². The molecule has 0 atom stereocenters. The molecule has 2 aliphatic heterocycles. The highest BCUT2D eigenvalue weighted by atomic mass is 16.7. The van der Waals surface area contributed by atoms with Crippen LogP contribution in [0.4, 0.5) is 0 Å². The van der Waals surface area contributed by atoms with E-state index in [1.54, 1.807) is 0 Å². The minimum Gasteiger partial charge on any atom is -0.353 e. The van der Waals surface area contributed by atoms with Gasteiger partial charge in [-0.15, -0.1) is 0 Å². The van der Waals surface area contributed by atoms with Crippen molar-refractivity contribution >= 4 is 0 Å². The van der Waals surface area contributed by atoms with Crippen molar-refractivity contribution in [3.63, 3.8) is 0 Å². The molecule has 3 rings (SSSR count). The molecule has 98 valence electrons. The molecule has 0 aliphatic carbocycles. The summed E-state index contributed by atoms with van der Waals surface area (Å²) in [6, 6.07) is 8.77. The molecule has 3 nitrogen and oxygen atoms in total. The van der Waals surface area contributed by atoms with Crippen molar-refractivity contribution in [1.29, 1.82) is 0 Å². The van der Waals surface area contributed by atoms with Crippen molar-refractivity contribution in [2.24, 2.45) is 0 Å². The molecule has 1 saturated heterocycles. The number of benzene rings is 1. The lowest BCUT2D eigenvalue weighted by Gasteiger charge is -2.31. The zero-order valence-electron chi connectivity index (χ0n) is 10.8. The van der Waals surface area contributed by atoms with E-state index >= 15 is 0 Å². The SMILES string of the molecule is c1ccc2c(c1)CCN(CCC1OCCCO1)C2. The van der Waals surface area contributed by atoms with E-state index in [0.29, 0.717) is 0 Å². The van der Waals surface area contributed by atoms with Crippen LogP contribution in [0.3, 0.4) is 0 Å². The van der Waals surface area contributed by atoms with Gasteiger partial charge in [-0.2, -0.15) is 0 Å². The molecule has 1 fully saturated rings. The average molecular weight is 247 g/mol. The molecule has 0 saturated carbocycles. The minimum absolute atomic E-state index is 0.0240. The number of rotatable bonds is 3. The summed E-state index contributed by atoms with van der Waals surface area (Å²) in [4.78, 5) is 2.50. The molecule has 2 aliphatic rings. The maximum Gasteiger partial charge on any atom is 0.158 e. The monoisotopic (exact) mass is 247 g/mol. The first kappa shape index (κ1) is 12.2. The Balaban J connectivity index is 1.50. The Labute approximate surface area is 109 Å². The van der Waals surface area contributed by atoms with Gasteiger partial charge in [-0.05, 0) is 24.0 Å². The summed E-state index contributed by atoms with van der Waals surface area (Å²) in [6.45, 7) is 5.01. The predicted octanol–water partition coefficient (Wildman–Crippen LogP) is 2.20. The van der Waals surface area contributed by atoms with E-state index in [9.17, 15) is 0 Å². The maximum absolute atomic E-state index is 5.59. The Kier molecular flexibility index (Phi) is 3.93. The Morgan fingerprint density at radius 3 is 2.72 bits per heavy atom. The minimum atomic E-state index is 0.0240. The summed E-state index contributed by atoms with van der Waals surface area (Å²) < 4.78 is 11.2. The first-order valence-corrected chi connectivity index (χ1v) is 6.94. The molecule has 3 heteroatoms. The van der Waals surface area contributed by atoms with Crippen LogP contribution in [-0.2, 0) is 22.4 Å². The summed E-state index contributed by atoms with van der Waals surface area (Å²) in [5, 5.41) is 0. The number of nitrogens with zero attached hydrogens (tertiary/aromatic N) is 1. The van der Waals surface area contributed by atoms with Gasteiger partial charge in [0.2, 0.25) is 0 Å². The van der Waals surface area contributed by atoms with Gasteiger partial charge in [0.05, 0.1) is 13.2 Å². The van der Waals surface area contributed by atoms with Crippen molar-refractivity contribution in [2.75, 3.05) is 26.3 Å². The summed E-state index contributed by atoms with van der Waals surface area (Å²) in [7, 11) is 0. The van der Waals surface area contributed by atoms with Crippen molar-refractivity contribution in [2.45, 2.75) is 32.1 Å². The van der Waals surface area contributed by atoms with Crippen molar-refractivity contribution < 1.29 is 9.47 Å². The topological polar surface area (TPSA) is 21.7 Å². The normalized spacial score (nSPS) is 21.8. The number of hydrogen-bond donors (Lipinski definition) is 0. The van der Waals surface area contributed by atoms with Crippen LogP contribution in [-0.4, -0.2) is 37.5 Å². The van der Waals surface area contributed by atoms with Gasteiger partial charge in [0.1, 0.15) is 0 Å². The highest BCUT2D eigenvalue weighted by Crippen LogP contribution is 2.19. The van der Waals surface area contributed by atoms with Gasteiger partial charge < -0.3 is 9.47 Å². The van der Waals surface area contributed by atoms with Gasteiger partial charge in [-0.25, -0.2) is 0 Å². The van der Waals surface area contributed by atoms with Crippen LogP contribution in [0.1, 0.15) is 24.0 Å². The fourth-order valence-corrected chi connectivity index (χ4v) is 2.74. The second-order valence-corrected chi connectivity index (χ2v) is 5.11. The van der Waals surface area contributed by atoms with Crippen LogP contribution in [0.15, 0.2) is 24.3 Å². The molecule has 1 aromatic carbocycles. The number of hydrogen-bond acceptors (Lipinski definition) is 3. The number of ether oxygens (including phenoxy) is 2. The van der Waals surface area contributed by atoms with Crippen LogP contribution in [0.25, 0.3) is 0 Å². The third kappa shape index (κ3) is 2.91. The molecule has 0 unspecified atom stereocenters. The predicted molar refractivity (Wildman–Crippen MR) is 70.3 cm³/mol. The highest BCUT2D eigenvalue weighted by molar-refractivity contribution is 5.28. The van der Waals surface area contributed by atoms with Gasteiger partial charge in [0.15, 0.2) is 6.29 Å². The van der Waals surface area contributed by atoms with E-state index in [1.165, 1.54) is 17.5 Å². The van der Waals surface area contributed by atoms with Crippen LogP contribution in [0.5, 0.6) is 0 Å². The van der Waals surface area contributed by atoms with E-state index < -0.39 is 0 Å². The second kappa shape index (κ2) is 5.83. The molecular weight excluding hydrogens is 226 g/mol. The van der Waals surface area contributed by atoms with Crippen molar-refractivity contribution in [1.82, 2.24) is 4.90 Å². The summed E-state index contributed by atoms with van der Waals surface area (Å²) in [5.41, 5.74) is 2.99. The Hall–Kier alpha value is -0.900. The standard InChI is InChI=1S/C15H21NO2/c1-2-5-14-12-16(8-6-13(14)4-1)9-7-15-17-10-3-11-18-15/h1-2,4-5,15H,3,6-12H2.